The molecule has 19 heavy (non-hydrogen) atoms. The van der Waals surface area contributed by atoms with E-state index < -0.39 is 0 Å². The van der Waals surface area contributed by atoms with Gasteiger partial charge in [-0.15, -0.1) is 0 Å². The molecular formula is C15H25N3O. The molecule has 0 fully saturated rings. The van der Waals surface area contributed by atoms with Gasteiger partial charge in [-0.05, 0) is 37.1 Å². The number of benzene rings is 1. The van der Waals surface area contributed by atoms with Crippen LogP contribution in [0.1, 0.15) is 20.8 Å². The molecule has 4 heteroatoms. The van der Waals surface area contributed by atoms with Crippen molar-refractivity contribution in [2.24, 2.45) is 5.92 Å². The topological polar surface area (TPSA) is 44.4 Å². The molecule has 106 valence electrons. The van der Waals surface area contributed by atoms with Crippen molar-refractivity contribution in [1.29, 1.82) is 0 Å². The molecule has 1 amide bonds. The highest BCUT2D eigenvalue weighted by Crippen LogP contribution is 2.15. The number of nitrogens with zero attached hydrogens (tertiary/aromatic N) is 1. The fraction of sp³-hybridized carbons (Fsp3) is 0.533. The Morgan fingerprint density at radius 2 is 1.74 bits per heavy atom. The average molecular weight is 263 g/mol. The van der Waals surface area contributed by atoms with Crippen LogP contribution in [0.4, 0.5) is 11.4 Å². The molecule has 1 atom stereocenters. The van der Waals surface area contributed by atoms with Crippen molar-refractivity contribution in [2.75, 3.05) is 30.9 Å². The SMILES string of the molecule is CC(C)C(C)NC(=O)CNc1ccc(N(C)C)cc1. The Balaban J connectivity index is 2.42. The molecule has 0 radical (unpaired) electrons. The summed E-state index contributed by atoms with van der Waals surface area (Å²) in [7, 11) is 4.01. The van der Waals surface area contributed by atoms with Crippen molar-refractivity contribution in [3.8, 4) is 0 Å². The maximum atomic E-state index is 11.7. The molecular weight excluding hydrogens is 238 g/mol. The maximum Gasteiger partial charge on any atom is 0.239 e. The molecule has 0 aliphatic rings. The Morgan fingerprint density at radius 3 is 2.21 bits per heavy atom. The molecule has 1 aromatic rings. The molecule has 1 rings (SSSR count). The summed E-state index contributed by atoms with van der Waals surface area (Å²) in [6, 6.07) is 8.21. The van der Waals surface area contributed by atoms with Gasteiger partial charge in [-0.3, -0.25) is 4.79 Å². The normalized spacial score (nSPS) is 12.1. The quantitative estimate of drug-likeness (QED) is 0.828. The number of amides is 1. The van der Waals surface area contributed by atoms with Crippen molar-refractivity contribution in [3.63, 3.8) is 0 Å². The Kier molecular flexibility index (Phi) is 5.67. The van der Waals surface area contributed by atoms with E-state index in [1.54, 1.807) is 0 Å². The van der Waals surface area contributed by atoms with E-state index in [4.69, 9.17) is 0 Å². The number of carbonyl (C=O) groups excluding carboxylic acids is 1. The lowest BCUT2D eigenvalue weighted by Gasteiger charge is -2.18. The summed E-state index contributed by atoms with van der Waals surface area (Å²) >= 11 is 0. The van der Waals surface area contributed by atoms with Gasteiger partial charge in [-0.2, -0.15) is 0 Å². The van der Waals surface area contributed by atoms with Crippen LogP contribution >= 0.6 is 0 Å². The predicted molar refractivity (Wildman–Crippen MR) is 81.7 cm³/mol. The summed E-state index contributed by atoms with van der Waals surface area (Å²) in [5, 5.41) is 6.09. The summed E-state index contributed by atoms with van der Waals surface area (Å²) < 4.78 is 0. The van der Waals surface area contributed by atoms with Gasteiger partial charge in [0.2, 0.25) is 5.91 Å². The second-order valence-electron chi connectivity index (χ2n) is 5.40. The van der Waals surface area contributed by atoms with Gasteiger partial charge in [-0.1, -0.05) is 13.8 Å². The van der Waals surface area contributed by atoms with E-state index in [-0.39, 0.29) is 11.9 Å². The maximum absolute atomic E-state index is 11.7. The highest BCUT2D eigenvalue weighted by molar-refractivity contribution is 5.81. The second kappa shape index (κ2) is 7.02. The zero-order valence-corrected chi connectivity index (χ0v) is 12.5. The van der Waals surface area contributed by atoms with E-state index in [1.165, 1.54) is 0 Å². The average Bonchev–Trinajstić information content (AvgIpc) is 2.36. The van der Waals surface area contributed by atoms with Gasteiger partial charge in [0.25, 0.3) is 0 Å². The fourth-order valence-electron chi connectivity index (χ4n) is 1.53. The van der Waals surface area contributed by atoms with Crippen molar-refractivity contribution in [1.82, 2.24) is 5.32 Å². The minimum absolute atomic E-state index is 0.0258. The van der Waals surface area contributed by atoms with Gasteiger partial charge in [0.1, 0.15) is 0 Å². The van der Waals surface area contributed by atoms with Crippen molar-refractivity contribution < 1.29 is 4.79 Å². The van der Waals surface area contributed by atoms with Crippen LogP contribution in [0.2, 0.25) is 0 Å². The molecule has 0 aromatic heterocycles. The van der Waals surface area contributed by atoms with E-state index in [0.717, 1.165) is 11.4 Å². The lowest BCUT2D eigenvalue weighted by atomic mass is 10.1. The molecule has 0 bridgehead atoms. The summed E-state index contributed by atoms with van der Waals surface area (Å²) in [5.74, 6) is 0.473. The van der Waals surface area contributed by atoms with E-state index in [1.807, 2.05) is 50.2 Å². The number of hydrogen-bond acceptors (Lipinski definition) is 3. The van der Waals surface area contributed by atoms with Crippen LogP contribution in [0, 0.1) is 5.92 Å². The molecule has 0 aliphatic heterocycles. The van der Waals surface area contributed by atoms with E-state index >= 15 is 0 Å². The minimum Gasteiger partial charge on any atom is -0.378 e. The van der Waals surface area contributed by atoms with Crippen LogP contribution in [0.3, 0.4) is 0 Å². The number of anilines is 2. The molecule has 0 heterocycles. The molecule has 1 unspecified atom stereocenters. The molecule has 0 aliphatic carbocycles. The highest BCUT2D eigenvalue weighted by Gasteiger charge is 2.10. The van der Waals surface area contributed by atoms with Crippen molar-refractivity contribution in [3.05, 3.63) is 24.3 Å². The van der Waals surface area contributed by atoms with Crippen molar-refractivity contribution >= 4 is 17.3 Å². The van der Waals surface area contributed by atoms with E-state index in [2.05, 4.69) is 24.5 Å². The number of rotatable bonds is 6. The van der Waals surface area contributed by atoms with Crippen LogP contribution in [-0.4, -0.2) is 32.6 Å². The molecule has 0 saturated carbocycles. The third kappa shape index (κ3) is 5.20. The van der Waals surface area contributed by atoms with Crippen molar-refractivity contribution in [2.45, 2.75) is 26.8 Å². The van der Waals surface area contributed by atoms with Gasteiger partial charge in [0, 0.05) is 31.5 Å². The summed E-state index contributed by atoms with van der Waals surface area (Å²) in [4.78, 5) is 13.8. The van der Waals surface area contributed by atoms with Gasteiger partial charge in [0.05, 0.1) is 6.54 Å². The lowest BCUT2D eigenvalue weighted by molar-refractivity contribution is -0.120. The number of hydrogen-bond donors (Lipinski definition) is 2. The zero-order valence-electron chi connectivity index (χ0n) is 12.5. The Bertz CT molecular complexity index is 398. The molecule has 4 nitrogen and oxygen atoms in total. The third-order valence-corrected chi connectivity index (χ3v) is 3.23. The summed E-state index contributed by atoms with van der Waals surface area (Å²) in [6.45, 7) is 6.52. The van der Waals surface area contributed by atoms with Crippen LogP contribution < -0.4 is 15.5 Å². The number of carbonyl (C=O) groups is 1. The number of nitrogens with one attached hydrogen (secondary N) is 2. The zero-order chi connectivity index (χ0) is 14.4. The monoisotopic (exact) mass is 263 g/mol. The van der Waals surface area contributed by atoms with Crippen LogP contribution in [-0.2, 0) is 4.79 Å². The molecule has 0 saturated heterocycles. The largest absolute Gasteiger partial charge is 0.378 e. The summed E-state index contributed by atoms with van der Waals surface area (Å²) in [5.41, 5.74) is 2.10. The third-order valence-electron chi connectivity index (χ3n) is 3.23. The standard InChI is InChI=1S/C15H25N3O/c1-11(2)12(3)17-15(19)10-16-13-6-8-14(9-7-13)18(4)5/h6-9,11-12,16H,10H2,1-5H3,(H,17,19). The van der Waals surface area contributed by atoms with Crippen LogP contribution in [0.15, 0.2) is 24.3 Å². The Labute approximate surface area is 116 Å². The smallest absolute Gasteiger partial charge is 0.239 e. The predicted octanol–water partition coefficient (Wildman–Crippen LogP) is 2.33. The fourth-order valence-corrected chi connectivity index (χ4v) is 1.53. The van der Waals surface area contributed by atoms with Gasteiger partial charge in [0.15, 0.2) is 0 Å². The molecule has 1 aromatic carbocycles. The first-order valence-electron chi connectivity index (χ1n) is 6.70. The van der Waals surface area contributed by atoms with Gasteiger partial charge in [-0.25, -0.2) is 0 Å². The van der Waals surface area contributed by atoms with E-state index in [0.29, 0.717) is 12.5 Å². The first-order valence-corrected chi connectivity index (χ1v) is 6.70. The van der Waals surface area contributed by atoms with Crippen LogP contribution in [0.5, 0.6) is 0 Å². The van der Waals surface area contributed by atoms with E-state index in [9.17, 15) is 4.79 Å². The summed E-state index contributed by atoms with van der Waals surface area (Å²) in [6.07, 6.45) is 0. The second-order valence-corrected chi connectivity index (χ2v) is 5.40. The minimum atomic E-state index is 0.0258. The Hall–Kier alpha value is -1.71. The Morgan fingerprint density at radius 1 is 1.16 bits per heavy atom. The highest BCUT2D eigenvalue weighted by atomic mass is 16.1. The van der Waals surface area contributed by atoms with Gasteiger partial charge >= 0.3 is 0 Å². The first kappa shape index (κ1) is 15.3. The molecule has 2 N–H and O–H groups in total. The van der Waals surface area contributed by atoms with Crippen LogP contribution in [0.25, 0.3) is 0 Å². The van der Waals surface area contributed by atoms with Gasteiger partial charge < -0.3 is 15.5 Å². The molecule has 0 spiro atoms. The first-order chi connectivity index (χ1) is 8.90. The lowest BCUT2D eigenvalue weighted by Crippen LogP contribution is -2.39.